The minimum atomic E-state index is -1.12. The van der Waals surface area contributed by atoms with E-state index in [4.69, 9.17) is 10.2 Å². The predicted octanol–water partition coefficient (Wildman–Crippen LogP) is 0.544. The second kappa shape index (κ2) is 6.50. The Labute approximate surface area is 151 Å². The quantitative estimate of drug-likeness (QED) is 0.468. The van der Waals surface area contributed by atoms with Gasteiger partial charge in [0, 0.05) is 12.7 Å². The highest BCUT2D eigenvalue weighted by Crippen LogP contribution is 2.12. The Bertz CT molecular complexity index is 1190. The van der Waals surface area contributed by atoms with Gasteiger partial charge in [-0.05, 0) is 11.1 Å². The Balaban J connectivity index is 1.70. The molecule has 0 saturated heterocycles. The van der Waals surface area contributed by atoms with E-state index in [0.29, 0.717) is 12.1 Å². The van der Waals surface area contributed by atoms with Gasteiger partial charge in [-0.1, -0.05) is 24.3 Å². The van der Waals surface area contributed by atoms with Crippen molar-refractivity contribution in [1.29, 1.82) is 0 Å². The molecular weight excluding hydrogens is 352 g/mol. The summed E-state index contributed by atoms with van der Waals surface area (Å²) in [5.41, 5.74) is 1.84. The third-order valence-electron chi connectivity index (χ3n) is 4.08. The van der Waals surface area contributed by atoms with Crippen molar-refractivity contribution in [2.75, 3.05) is 0 Å². The fraction of sp³-hybridized carbons (Fsp3) is 0.118. The van der Waals surface area contributed by atoms with Crippen molar-refractivity contribution in [2.24, 2.45) is 0 Å². The molecule has 0 saturated carbocycles. The molecule has 0 unspecified atom stereocenters. The topological polar surface area (TPSA) is 139 Å². The van der Waals surface area contributed by atoms with Crippen LogP contribution in [0.25, 0.3) is 17.1 Å². The van der Waals surface area contributed by atoms with E-state index in [2.05, 4.69) is 20.1 Å². The second-order valence-corrected chi connectivity index (χ2v) is 5.89. The molecule has 10 nitrogen and oxygen atoms in total. The van der Waals surface area contributed by atoms with Crippen LogP contribution < -0.4 is 5.56 Å². The number of aromatic nitrogens is 6. The number of imidazole rings is 1. The number of carbonyl (C=O) groups is 1. The van der Waals surface area contributed by atoms with E-state index in [1.165, 1.54) is 23.4 Å². The molecule has 0 aliphatic carbocycles. The fourth-order valence-corrected chi connectivity index (χ4v) is 2.70. The number of fused-ring (bicyclic) bond motifs is 1. The molecule has 3 N–H and O–H groups in total. The van der Waals surface area contributed by atoms with Gasteiger partial charge < -0.3 is 14.8 Å². The Hall–Kier alpha value is -3.79. The lowest BCUT2D eigenvalue weighted by Gasteiger charge is -2.05. The summed E-state index contributed by atoms with van der Waals surface area (Å²) in [5, 5.41) is 22.0. The zero-order valence-corrected chi connectivity index (χ0v) is 13.9. The minimum Gasteiger partial charge on any atom is -0.478 e. The number of hydrogen-bond acceptors (Lipinski definition) is 6. The molecule has 136 valence electrons. The van der Waals surface area contributed by atoms with Gasteiger partial charge in [0.2, 0.25) is 5.95 Å². The molecule has 10 heteroatoms. The lowest BCUT2D eigenvalue weighted by atomic mass is 10.1. The molecular formula is C17H14N6O4. The van der Waals surface area contributed by atoms with Crippen LogP contribution in [0.5, 0.6) is 0 Å². The number of carboxylic acid groups (broad SMARTS) is 1. The first-order valence-electron chi connectivity index (χ1n) is 7.97. The van der Waals surface area contributed by atoms with E-state index in [9.17, 15) is 9.59 Å². The van der Waals surface area contributed by atoms with E-state index >= 15 is 0 Å². The number of nitrogens with zero attached hydrogens (tertiary/aromatic N) is 5. The summed E-state index contributed by atoms with van der Waals surface area (Å²) < 4.78 is 2.85. The van der Waals surface area contributed by atoms with Gasteiger partial charge in [0.1, 0.15) is 0 Å². The number of aliphatic hydroxyl groups is 1. The molecule has 0 fully saturated rings. The highest BCUT2D eigenvalue weighted by molar-refractivity contribution is 5.86. The summed E-state index contributed by atoms with van der Waals surface area (Å²) >= 11 is 0. The van der Waals surface area contributed by atoms with Crippen LogP contribution in [0.15, 0.2) is 47.8 Å². The number of aromatic carboxylic acids is 1. The normalized spacial score (nSPS) is 11.1. The maximum Gasteiger partial charge on any atom is 0.338 e. The van der Waals surface area contributed by atoms with Gasteiger partial charge in [0.25, 0.3) is 5.56 Å². The number of H-pyrrole nitrogens is 1. The molecule has 1 aromatic carbocycles. The van der Waals surface area contributed by atoms with E-state index in [1.807, 2.05) is 24.3 Å². The van der Waals surface area contributed by atoms with Gasteiger partial charge >= 0.3 is 5.97 Å². The van der Waals surface area contributed by atoms with Gasteiger partial charge in [-0.3, -0.25) is 9.78 Å². The van der Waals surface area contributed by atoms with E-state index in [-0.39, 0.29) is 23.8 Å². The number of benzene rings is 1. The number of nitrogens with one attached hydrogen (secondary N) is 1. The summed E-state index contributed by atoms with van der Waals surface area (Å²) in [4.78, 5) is 34.5. The molecule has 4 rings (SSSR count). The average Bonchev–Trinajstić information content (AvgIpc) is 3.30. The Kier molecular flexibility index (Phi) is 4.01. The SMILES string of the molecule is O=C(O)c1cnn(-c2nc3ncn(Cc4ccc(CO)cc4)c3c(=O)[nH]2)c1. The maximum absolute atomic E-state index is 12.5. The largest absolute Gasteiger partial charge is 0.478 e. The smallest absolute Gasteiger partial charge is 0.338 e. The molecule has 0 spiro atoms. The van der Waals surface area contributed by atoms with Crippen LogP contribution in [-0.2, 0) is 13.2 Å². The van der Waals surface area contributed by atoms with Gasteiger partial charge in [0.05, 0.1) is 24.7 Å². The summed E-state index contributed by atoms with van der Waals surface area (Å²) in [7, 11) is 0. The van der Waals surface area contributed by atoms with Crippen molar-refractivity contribution < 1.29 is 15.0 Å². The Morgan fingerprint density at radius 2 is 1.93 bits per heavy atom. The molecule has 0 bridgehead atoms. The zero-order chi connectivity index (χ0) is 19.0. The monoisotopic (exact) mass is 366 g/mol. The minimum absolute atomic E-state index is 0.0189. The van der Waals surface area contributed by atoms with Crippen molar-refractivity contribution in [1.82, 2.24) is 29.3 Å². The molecule has 3 heterocycles. The van der Waals surface area contributed by atoms with Crippen LogP contribution >= 0.6 is 0 Å². The van der Waals surface area contributed by atoms with E-state index < -0.39 is 11.5 Å². The lowest BCUT2D eigenvalue weighted by Crippen LogP contribution is -2.16. The Morgan fingerprint density at radius 3 is 2.59 bits per heavy atom. The molecule has 0 radical (unpaired) electrons. The fourth-order valence-electron chi connectivity index (χ4n) is 2.70. The zero-order valence-electron chi connectivity index (χ0n) is 13.9. The first kappa shape index (κ1) is 16.7. The van der Waals surface area contributed by atoms with E-state index in [1.54, 1.807) is 4.57 Å². The van der Waals surface area contributed by atoms with Gasteiger partial charge in [-0.25, -0.2) is 14.5 Å². The first-order chi connectivity index (χ1) is 13.0. The van der Waals surface area contributed by atoms with Gasteiger partial charge in [0.15, 0.2) is 11.2 Å². The number of rotatable bonds is 5. The van der Waals surface area contributed by atoms with Crippen molar-refractivity contribution in [3.05, 3.63) is 70.0 Å². The molecule has 4 aromatic rings. The van der Waals surface area contributed by atoms with Crippen LogP contribution in [0.4, 0.5) is 0 Å². The molecule has 0 aliphatic heterocycles. The second-order valence-electron chi connectivity index (χ2n) is 5.89. The van der Waals surface area contributed by atoms with Crippen molar-refractivity contribution in [3.8, 4) is 5.95 Å². The van der Waals surface area contributed by atoms with Crippen LogP contribution in [-0.4, -0.2) is 45.5 Å². The lowest BCUT2D eigenvalue weighted by molar-refractivity contribution is 0.0697. The van der Waals surface area contributed by atoms with Crippen LogP contribution in [0.1, 0.15) is 21.5 Å². The van der Waals surface area contributed by atoms with Crippen molar-refractivity contribution in [3.63, 3.8) is 0 Å². The molecule has 0 aliphatic rings. The van der Waals surface area contributed by atoms with Gasteiger partial charge in [-0.2, -0.15) is 10.1 Å². The number of hydrogen-bond donors (Lipinski definition) is 3. The Morgan fingerprint density at radius 1 is 1.19 bits per heavy atom. The summed E-state index contributed by atoms with van der Waals surface area (Å²) in [5.74, 6) is -1.04. The van der Waals surface area contributed by atoms with Crippen molar-refractivity contribution in [2.45, 2.75) is 13.2 Å². The van der Waals surface area contributed by atoms with E-state index in [0.717, 1.165) is 11.1 Å². The van der Waals surface area contributed by atoms with Gasteiger partial charge in [-0.15, -0.1) is 0 Å². The highest BCUT2D eigenvalue weighted by Gasteiger charge is 2.14. The summed E-state index contributed by atoms with van der Waals surface area (Å²) in [6, 6.07) is 7.36. The van der Waals surface area contributed by atoms with Crippen LogP contribution in [0.2, 0.25) is 0 Å². The molecule has 3 aromatic heterocycles. The van der Waals surface area contributed by atoms with Crippen LogP contribution in [0, 0.1) is 0 Å². The molecule has 27 heavy (non-hydrogen) atoms. The van der Waals surface area contributed by atoms with Crippen LogP contribution in [0.3, 0.4) is 0 Å². The molecule has 0 atom stereocenters. The molecule has 0 amide bonds. The summed E-state index contributed by atoms with van der Waals surface area (Å²) in [6.07, 6.45) is 3.94. The maximum atomic E-state index is 12.5. The summed E-state index contributed by atoms with van der Waals surface area (Å²) in [6.45, 7) is 0.384. The predicted molar refractivity (Wildman–Crippen MR) is 93.7 cm³/mol. The third-order valence-corrected chi connectivity index (χ3v) is 4.08. The number of aromatic amines is 1. The highest BCUT2D eigenvalue weighted by atomic mass is 16.4. The third kappa shape index (κ3) is 3.09. The number of aliphatic hydroxyl groups excluding tert-OH is 1. The standard InChI is InChI=1S/C17H14N6O4/c24-8-11-3-1-10(2-4-11)6-22-9-18-14-13(22)15(25)21-17(20-14)23-7-12(5-19-23)16(26)27/h1-5,7,9,24H,6,8H2,(H,26,27)(H,20,21,25). The number of carboxylic acids is 1. The average molecular weight is 366 g/mol. The van der Waals surface area contributed by atoms with Crippen molar-refractivity contribution >= 4 is 17.1 Å². The first-order valence-corrected chi connectivity index (χ1v) is 7.97.